The third-order valence-corrected chi connectivity index (χ3v) is 4.73. The number of benzene rings is 1. The molecule has 2 heterocycles. The summed E-state index contributed by atoms with van der Waals surface area (Å²) in [5.74, 6) is -1.25. The van der Waals surface area contributed by atoms with Crippen molar-refractivity contribution in [3.63, 3.8) is 0 Å². The lowest BCUT2D eigenvalue weighted by Gasteiger charge is -2.35. The quantitative estimate of drug-likeness (QED) is 0.868. The second-order valence-electron chi connectivity index (χ2n) is 6.61. The third kappa shape index (κ3) is 4.31. The van der Waals surface area contributed by atoms with Crippen LogP contribution in [0, 0.1) is 5.82 Å². The van der Waals surface area contributed by atoms with Crippen LogP contribution in [0.1, 0.15) is 29.7 Å². The number of aliphatic hydroxyl groups is 1. The topological polar surface area (TPSA) is 73.7 Å². The van der Waals surface area contributed by atoms with Gasteiger partial charge in [-0.3, -0.25) is 14.6 Å². The van der Waals surface area contributed by atoms with Crippen LogP contribution in [0.5, 0.6) is 0 Å². The van der Waals surface area contributed by atoms with Crippen molar-refractivity contribution in [3.8, 4) is 0 Å². The van der Waals surface area contributed by atoms with Crippen LogP contribution in [-0.4, -0.2) is 51.4 Å². The molecular weight excluding hydrogens is 349 g/mol. The van der Waals surface area contributed by atoms with E-state index in [1.165, 1.54) is 24.0 Å². The highest BCUT2D eigenvalue weighted by molar-refractivity contribution is 5.85. The largest absolute Gasteiger partial charge is 0.395 e. The van der Waals surface area contributed by atoms with Crippen molar-refractivity contribution >= 4 is 11.8 Å². The minimum atomic E-state index is -0.592. The number of amides is 2. The fourth-order valence-corrected chi connectivity index (χ4v) is 3.33. The fraction of sp³-hybridized carbons (Fsp3) is 0.350. The number of pyridine rings is 1. The molecule has 1 unspecified atom stereocenters. The standard InChI is InChI=1S/C20H22FN3O3/c1-14(26)24-12-16-3-2-8-22-19(16)18(13-24)20(27)23(9-10-25)11-15-4-6-17(21)7-5-15/h2-8,18,25H,9-13H2,1H3. The highest BCUT2D eigenvalue weighted by Gasteiger charge is 2.35. The monoisotopic (exact) mass is 371 g/mol. The molecule has 27 heavy (non-hydrogen) atoms. The number of fused-ring (bicyclic) bond motifs is 1. The normalized spacial score (nSPS) is 16.0. The minimum absolute atomic E-state index is 0.102. The van der Waals surface area contributed by atoms with Gasteiger partial charge in [0.1, 0.15) is 5.82 Å². The van der Waals surface area contributed by atoms with Gasteiger partial charge in [-0.1, -0.05) is 18.2 Å². The molecule has 0 radical (unpaired) electrons. The highest BCUT2D eigenvalue weighted by atomic mass is 19.1. The molecule has 1 aliphatic rings. The first-order valence-corrected chi connectivity index (χ1v) is 8.83. The van der Waals surface area contributed by atoms with Crippen molar-refractivity contribution in [2.24, 2.45) is 0 Å². The molecule has 1 N–H and O–H groups in total. The summed E-state index contributed by atoms with van der Waals surface area (Å²) in [7, 11) is 0. The zero-order valence-corrected chi connectivity index (χ0v) is 15.1. The first kappa shape index (κ1) is 19.0. The predicted octanol–water partition coefficient (Wildman–Crippen LogP) is 1.69. The van der Waals surface area contributed by atoms with Crippen LogP contribution in [0.2, 0.25) is 0 Å². The van der Waals surface area contributed by atoms with E-state index in [2.05, 4.69) is 4.98 Å². The zero-order chi connectivity index (χ0) is 19.4. The van der Waals surface area contributed by atoms with Crippen LogP contribution in [0.25, 0.3) is 0 Å². The summed E-state index contributed by atoms with van der Waals surface area (Å²) < 4.78 is 13.1. The maximum Gasteiger partial charge on any atom is 0.233 e. The van der Waals surface area contributed by atoms with Gasteiger partial charge < -0.3 is 14.9 Å². The van der Waals surface area contributed by atoms with Crippen molar-refractivity contribution in [2.45, 2.75) is 25.9 Å². The summed E-state index contributed by atoms with van der Waals surface area (Å²) in [5.41, 5.74) is 2.28. The summed E-state index contributed by atoms with van der Waals surface area (Å²) in [5, 5.41) is 9.41. The summed E-state index contributed by atoms with van der Waals surface area (Å²) in [6, 6.07) is 9.56. The van der Waals surface area contributed by atoms with Gasteiger partial charge >= 0.3 is 0 Å². The minimum Gasteiger partial charge on any atom is -0.395 e. The Morgan fingerprint density at radius 2 is 2.04 bits per heavy atom. The molecule has 3 rings (SSSR count). The van der Waals surface area contributed by atoms with Crippen molar-refractivity contribution in [2.75, 3.05) is 19.7 Å². The molecule has 142 valence electrons. The summed E-state index contributed by atoms with van der Waals surface area (Å²) in [6.07, 6.45) is 1.64. The van der Waals surface area contributed by atoms with Gasteiger partial charge in [0, 0.05) is 39.3 Å². The van der Waals surface area contributed by atoms with Gasteiger partial charge in [0.15, 0.2) is 0 Å². The molecule has 1 aromatic heterocycles. The van der Waals surface area contributed by atoms with Gasteiger partial charge in [0.2, 0.25) is 11.8 Å². The van der Waals surface area contributed by atoms with Crippen molar-refractivity contribution < 1.29 is 19.1 Å². The van der Waals surface area contributed by atoms with E-state index in [1.807, 2.05) is 6.07 Å². The van der Waals surface area contributed by atoms with E-state index in [-0.39, 0.29) is 43.9 Å². The van der Waals surface area contributed by atoms with E-state index < -0.39 is 5.92 Å². The smallest absolute Gasteiger partial charge is 0.233 e. The van der Waals surface area contributed by atoms with Gasteiger partial charge in [-0.15, -0.1) is 0 Å². The van der Waals surface area contributed by atoms with Crippen LogP contribution in [-0.2, 0) is 22.7 Å². The molecule has 2 amide bonds. The maximum atomic E-state index is 13.3. The van der Waals surface area contributed by atoms with E-state index in [0.717, 1.165) is 11.1 Å². The first-order chi connectivity index (χ1) is 13.0. The van der Waals surface area contributed by atoms with Gasteiger partial charge in [0.05, 0.1) is 18.2 Å². The van der Waals surface area contributed by atoms with E-state index in [4.69, 9.17) is 0 Å². The Bertz CT molecular complexity index is 825. The van der Waals surface area contributed by atoms with Gasteiger partial charge in [-0.2, -0.15) is 0 Å². The molecule has 7 heteroatoms. The lowest BCUT2D eigenvalue weighted by Crippen LogP contribution is -2.45. The molecule has 0 bridgehead atoms. The van der Waals surface area contributed by atoms with Crippen molar-refractivity contribution in [1.29, 1.82) is 0 Å². The molecule has 2 aromatic rings. The van der Waals surface area contributed by atoms with E-state index in [1.54, 1.807) is 29.3 Å². The van der Waals surface area contributed by atoms with Crippen molar-refractivity contribution in [3.05, 3.63) is 65.2 Å². The summed E-state index contributed by atoms with van der Waals surface area (Å²) >= 11 is 0. The maximum absolute atomic E-state index is 13.3. The Morgan fingerprint density at radius 1 is 1.30 bits per heavy atom. The van der Waals surface area contributed by atoms with Crippen LogP contribution >= 0.6 is 0 Å². The van der Waals surface area contributed by atoms with Gasteiger partial charge in [-0.25, -0.2) is 4.39 Å². The second kappa shape index (κ2) is 8.26. The lowest BCUT2D eigenvalue weighted by atomic mass is 9.93. The molecular formula is C20H22FN3O3. The number of hydrogen-bond donors (Lipinski definition) is 1. The van der Waals surface area contributed by atoms with E-state index in [0.29, 0.717) is 12.2 Å². The Labute approximate surface area is 157 Å². The molecule has 0 fully saturated rings. The van der Waals surface area contributed by atoms with Crippen LogP contribution in [0.4, 0.5) is 4.39 Å². The van der Waals surface area contributed by atoms with Crippen molar-refractivity contribution in [1.82, 2.24) is 14.8 Å². The summed E-state index contributed by atoms with van der Waals surface area (Å²) in [6.45, 7) is 2.37. The Morgan fingerprint density at radius 3 is 2.70 bits per heavy atom. The average molecular weight is 371 g/mol. The molecule has 0 saturated carbocycles. The summed E-state index contributed by atoms with van der Waals surface area (Å²) in [4.78, 5) is 32.7. The first-order valence-electron chi connectivity index (χ1n) is 8.83. The van der Waals surface area contributed by atoms with Crippen LogP contribution < -0.4 is 0 Å². The molecule has 0 saturated heterocycles. The molecule has 0 aliphatic carbocycles. The lowest BCUT2D eigenvalue weighted by molar-refractivity contribution is -0.137. The second-order valence-corrected chi connectivity index (χ2v) is 6.61. The molecule has 1 aromatic carbocycles. The van der Waals surface area contributed by atoms with Crippen LogP contribution in [0.15, 0.2) is 42.6 Å². The number of halogens is 1. The number of nitrogens with zero attached hydrogens (tertiary/aromatic N) is 3. The third-order valence-electron chi connectivity index (χ3n) is 4.73. The van der Waals surface area contributed by atoms with E-state index >= 15 is 0 Å². The number of rotatable bonds is 5. The number of carbonyl (C=O) groups excluding carboxylic acids is 2. The van der Waals surface area contributed by atoms with Gasteiger partial charge in [0.25, 0.3) is 0 Å². The Hall–Kier alpha value is -2.80. The predicted molar refractivity (Wildman–Crippen MR) is 97.0 cm³/mol. The van der Waals surface area contributed by atoms with Gasteiger partial charge in [-0.05, 0) is 29.3 Å². The average Bonchev–Trinajstić information content (AvgIpc) is 2.67. The molecule has 1 atom stereocenters. The number of hydrogen-bond acceptors (Lipinski definition) is 4. The molecule has 1 aliphatic heterocycles. The fourth-order valence-electron chi connectivity index (χ4n) is 3.33. The molecule has 0 spiro atoms. The number of aromatic nitrogens is 1. The Balaban J connectivity index is 1.88. The SMILES string of the molecule is CC(=O)N1Cc2cccnc2C(C(=O)N(CCO)Cc2ccc(F)cc2)C1. The number of carbonyl (C=O) groups is 2. The highest BCUT2D eigenvalue weighted by Crippen LogP contribution is 2.28. The van der Waals surface area contributed by atoms with E-state index in [9.17, 15) is 19.1 Å². The zero-order valence-electron chi connectivity index (χ0n) is 15.1. The molecule has 6 nitrogen and oxygen atoms in total. The number of aliphatic hydroxyl groups excluding tert-OH is 1. The Kier molecular flexibility index (Phi) is 5.81. The van der Waals surface area contributed by atoms with Crippen LogP contribution in [0.3, 0.4) is 0 Å².